The van der Waals surface area contributed by atoms with E-state index in [1.807, 2.05) is 47.0 Å². The van der Waals surface area contributed by atoms with E-state index < -0.39 is 5.54 Å². The molecule has 0 saturated carbocycles. The zero-order valence-electron chi connectivity index (χ0n) is 10.9. The van der Waals surface area contributed by atoms with E-state index in [4.69, 9.17) is 5.73 Å². The number of hydrogen-bond acceptors (Lipinski definition) is 3. The molecule has 1 aliphatic heterocycles. The Morgan fingerprint density at radius 3 is 2.72 bits per heavy atom. The monoisotopic (exact) mass is 264 g/mol. The molecule has 2 rings (SSSR count). The van der Waals surface area contributed by atoms with Gasteiger partial charge in [0.05, 0.1) is 0 Å². The molecule has 1 heterocycles. The van der Waals surface area contributed by atoms with E-state index in [1.165, 1.54) is 0 Å². The van der Waals surface area contributed by atoms with Gasteiger partial charge in [0, 0.05) is 24.1 Å². The molecule has 0 spiro atoms. The van der Waals surface area contributed by atoms with Crippen molar-refractivity contribution in [3.8, 4) is 0 Å². The van der Waals surface area contributed by atoms with Crippen molar-refractivity contribution >= 4 is 17.7 Å². The Kier molecular flexibility index (Phi) is 3.97. The van der Waals surface area contributed by atoms with Gasteiger partial charge in [-0.15, -0.1) is 0 Å². The molecule has 1 aromatic rings. The highest BCUT2D eigenvalue weighted by atomic mass is 32.2. The average molecular weight is 264 g/mol. The van der Waals surface area contributed by atoms with Crippen molar-refractivity contribution in [3.63, 3.8) is 0 Å². The predicted octanol–water partition coefficient (Wildman–Crippen LogP) is 1.82. The standard InChI is InChI=1S/C14H20N2OS/c1-11-10-18-9-8-16(11)13(17)14(2,15)12-6-4-3-5-7-12/h3-7,11H,8-10,15H2,1-2H3. The molecule has 0 aliphatic carbocycles. The van der Waals surface area contributed by atoms with Crippen LogP contribution in [-0.2, 0) is 10.3 Å². The summed E-state index contributed by atoms with van der Waals surface area (Å²) < 4.78 is 0. The zero-order chi connectivity index (χ0) is 13.2. The lowest BCUT2D eigenvalue weighted by molar-refractivity contribution is -0.138. The summed E-state index contributed by atoms with van der Waals surface area (Å²) in [5, 5.41) is 0. The molecule has 1 fully saturated rings. The molecule has 2 N–H and O–H groups in total. The fourth-order valence-corrected chi connectivity index (χ4v) is 3.25. The second-order valence-electron chi connectivity index (χ2n) is 4.99. The summed E-state index contributed by atoms with van der Waals surface area (Å²) in [6, 6.07) is 9.88. The number of benzene rings is 1. The van der Waals surface area contributed by atoms with Crippen molar-refractivity contribution in [1.82, 2.24) is 4.90 Å². The summed E-state index contributed by atoms with van der Waals surface area (Å²) in [5.41, 5.74) is 6.22. The number of hydrogen-bond donors (Lipinski definition) is 1. The van der Waals surface area contributed by atoms with E-state index in [0.717, 1.165) is 23.6 Å². The van der Waals surface area contributed by atoms with Gasteiger partial charge >= 0.3 is 0 Å². The van der Waals surface area contributed by atoms with Gasteiger partial charge in [-0.05, 0) is 19.4 Å². The Morgan fingerprint density at radius 2 is 2.11 bits per heavy atom. The number of carbonyl (C=O) groups excluding carboxylic acids is 1. The second-order valence-corrected chi connectivity index (χ2v) is 6.14. The zero-order valence-corrected chi connectivity index (χ0v) is 11.7. The van der Waals surface area contributed by atoms with Crippen molar-refractivity contribution in [3.05, 3.63) is 35.9 Å². The fraction of sp³-hybridized carbons (Fsp3) is 0.500. The summed E-state index contributed by atoms with van der Waals surface area (Å²) in [7, 11) is 0. The second kappa shape index (κ2) is 5.33. The molecule has 4 heteroatoms. The van der Waals surface area contributed by atoms with Crippen LogP contribution < -0.4 is 5.73 Å². The highest BCUT2D eigenvalue weighted by Crippen LogP contribution is 2.24. The largest absolute Gasteiger partial charge is 0.336 e. The van der Waals surface area contributed by atoms with E-state index in [2.05, 4.69) is 6.92 Å². The highest BCUT2D eigenvalue weighted by Gasteiger charge is 2.37. The Morgan fingerprint density at radius 1 is 1.44 bits per heavy atom. The minimum Gasteiger partial charge on any atom is -0.336 e. The van der Waals surface area contributed by atoms with Crippen molar-refractivity contribution in [2.45, 2.75) is 25.4 Å². The van der Waals surface area contributed by atoms with Crippen LogP contribution >= 0.6 is 11.8 Å². The third-order valence-corrected chi connectivity index (χ3v) is 4.64. The van der Waals surface area contributed by atoms with E-state index in [0.29, 0.717) is 0 Å². The molecule has 0 bridgehead atoms. The molecule has 0 aromatic heterocycles. The number of thioether (sulfide) groups is 1. The van der Waals surface area contributed by atoms with Crippen molar-refractivity contribution in [2.75, 3.05) is 18.1 Å². The number of amides is 1. The Balaban J connectivity index is 2.21. The summed E-state index contributed by atoms with van der Waals surface area (Å²) >= 11 is 1.90. The van der Waals surface area contributed by atoms with Crippen molar-refractivity contribution < 1.29 is 4.79 Å². The van der Waals surface area contributed by atoms with Gasteiger partial charge < -0.3 is 10.6 Å². The van der Waals surface area contributed by atoms with Gasteiger partial charge in [0.2, 0.25) is 5.91 Å². The van der Waals surface area contributed by atoms with E-state index >= 15 is 0 Å². The topological polar surface area (TPSA) is 46.3 Å². The van der Waals surface area contributed by atoms with Crippen LogP contribution in [-0.4, -0.2) is 34.9 Å². The van der Waals surface area contributed by atoms with Crippen LogP contribution in [0.3, 0.4) is 0 Å². The van der Waals surface area contributed by atoms with Crippen LogP contribution in [0.15, 0.2) is 30.3 Å². The molecule has 18 heavy (non-hydrogen) atoms. The first-order chi connectivity index (χ1) is 8.53. The smallest absolute Gasteiger partial charge is 0.247 e. The molecule has 1 saturated heterocycles. The summed E-state index contributed by atoms with van der Waals surface area (Å²) in [4.78, 5) is 14.5. The minimum absolute atomic E-state index is 0.0292. The van der Waals surface area contributed by atoms with Crippen LogP contribution in [0.2, 0.25) is 0 Å². The molecular formula is C14H20N2OS. The molecule has 1 aliphatic rings. The van der Waals surface area contributed by atoms with Crippen LogP contribution in [0.5, 0.6) is 0 Å². The number of nitrogens with zero attached hydrogens (tertiary/aromatic N) is 1. The number of carbonyl (C=O) groups is 1. The first-order valence-corrected chi connectivity index (χ1v) is 7.42. The van der Waals surface area contributed by atoms with Gasteiger partial charge in [0.15, 0.2) is 0 Å². The summed E-state index contributed by atoms with van der Waals surface area (Å²) in [6.07, 6.45) is 0. The van der Waals surface area contributed by atoms with Gasteiger partial charge in [0.25, 0.3) is 0 Å². The number of rotatable bonds is 2. The quantitative estimate of drug-likeness (QED) is 0.886. The van der Waals surface area contributed by atoms with Gasteiger partial charge in [-0.2, -0.15) is 11.8 Å². The molecular weight excluding hydrogens is 244 g/mol. The highest BCUT2D eigenvalue weighted by molar-refractivity contribution is 7.99. The predicted molar refractivity (Wildman–Crippen MR) is 76.5 cm³/mol. The normalized spacial score (nSPS) is 23.5. The number of nitrogens with two attached hydrogens (primary N) is 1. The maximum absolute atomic E-state index is 12.6. The van der Waals surface area contributed by atoms with E-state index in [-0.39, 0.29) is 11.9 Å². The van der Waals surface area contributed by atoms with Crippen LogP contribution in [0, 0.1) is 0 Å². The van der Waals surface area contributed by atoms with Crippen LogP contribution in [0.4, 0.5) is 0 Å². The first kappa shape index (κ1) is 13.4. The lowest BCUT2D eigenvalue weighted by Crippen LogP contribution is -2.55. The Labute approximate surface area is 113 Å². The van der Waals surface area contributed by atoms with Gasteiger partial charge in [-0.1, -0.05) is 30.3 Å². The van der Waals surface area contributed by atoms with Gasteiger partial charge in [0.1, 0.15) is 5.54 Å². The SMILES string of the molecule is CC1CSCCN1C(=O)C(C)(N)c1ccccc1. The average Bonchev–Trinajstić information content (AvgIpc) is 2.39. The molecule has 98 valence electrons. The maximum Gasteiger partial charge on any atom is 0.247 e. The fourth-order valence-electron chi connectivity index (χ4n) is 2.24. The lowest BCUT2D eigenvalue weighted by atomic mass is 9.91. The first-order valence-electron chi connectivity index (χ1n) is 6.26. The molecule has 3 nitrogen and oxygen atoms in total. The molecule has 2 atom stereocenters. The maximum atomic E-state index is 12.6. The van der Waals surface area contributed by atoms with E-state index in [9.17, 15) is 4.79 Å². The van der Waals surface area contributed by atoms with Gasteiger partial charge in [-0.25, -0.2) is 0 Å². The third kappa shape index (κ3) is 2.54. The van der Waals surface area contributed by atoms with Crippen molar-refractivity contribution in [1.29, 1.82) is 0 Å². The van der Waals surface area contributed by atoms with Gasteiger partial charge in [-0.3, -0.25) is 4.79 Å². The third-order valence-electron chi connectivity index (χ3n) is 3.45. The molecule has 1 amide bonds. The van der Waals surface area contributed by atoms with Crippen LogP contribution in [0.25, 0.3) is 0 Å². The summed E-state index contributed by atoms with van der Waals surface area (Å²) in [5.74, 6) is 2.03. The van der Waals surface area contributed by atoms with E-state index in [1.54, 1.807) is 6.92 Å². The Bertz CT molecular complexity index is 419. The summed E-state index contributed by atoms with van der Waals surface area (Å²) in [6.45, 7) is 4.69. The van der Waals surface area contributed by atoms with Crippen LogP contribution in [0.1, 0.15) is 19.4 Å². The molecule has 0 radical (unpaired) electrons. The minimum atomic E-state index is -0.933. The molecule has 1 aromatic carbocycles. The Hall–Kier alpha value is -1.00. The van der Waals surface area contributed by atoms with Crippen molar-refractivity contribution in [2.24, 2.45) is 5.73 Å². The molecule has 2 unspecified atom stereocenters. The lowest BCUT2D eigenvalue weighted by Gasteiger charge is -2.38.